The number of piperazine rings is 1. The average molecular weight is 238 g/mol. The van der Waals surface area contributed by atoms with Crippen LogP contribution in [0.25, 0.3) is 0 Å². The first-order chi connectivity index (χ1) is 8.03. The van der Waals surface area contributed by atoms with Crippen molar-refractivity contribution in [2.24, 2.45) is 11.3 Å². The Hall–Kier alpha value is -0.410. The maximum absolute atomic E-state index is 12.2. The number of ketones is 1. The smallest absolute Gasteiger partial charge is 0.142 e. The molecule has 1 heterocycles. The number of likely N-dealkylation sites (N-methyl/N-ethyl adjacent to an activating group) is 1. The van der Waals surface area contributed by atoms with Crippen molar-refractivity contribution in [1.29, 1.82) is 0 Å². The lowest BCUT2D eigenvalue weighted by molar-refractivity contribution is -0.128. The first-order valence-corrected chi connectivity index (χ1v) is 7.02. The van der Waals surface area contributed by atoms with Crippen LogP contribution in [0.1, 0.15) is 33.6 Å². The molecule has 0 N–H and O–H groups in total. The summed E-state index contributed by atoms with van der Waals surface area (Å²) in [5, 5.41) is 0. The molecule has 0 aromatic rings. The van der Waals surface area contributed by atoms with E-state index in [1.54, 1.807) is 0 Å². The lowest BCUT2D eigenvalue weighted by Gasteiger charge is -2.35. The summed E-state index contributed by atoms with van der Waals surface area (Å²) >= 11 is 0. The van der Waals surface area contributed by atoms with Gasteiger partial charge in [-0.25, -0.2) is 0 Å². The van der Waals surface area contributed by atoms with Crippen molar-refractivity contribution in [2.45, 2.75) is 33.6 Å². The summed E-state index contributed by atoms with van der Waals surface area (Å²) in [5.74, 6) is 0.800. The van der Waals surface area contributed by atoms with Gasteiger partial charge in [0.15, 0.2) is 0 Å². The molecule has 0 aromatic heterocycles. The average Bonchev–Trinajstić information content (AvgIpc) is 2.57. The fourth-order valence-corrected chi connectivity index (χ4v) is 3.12. The molecule has 2 fully saturated rings. The maximum atomic E-state index is 12.2. The van der Waals surface area contributed by atoms with E-state index in [-0.39, 0.29) is 5.41 Å². The summed E-state index contributed by atoms with van der Waals surface area (Å²) < 4.78 is 0. The molecule has 1 saturated carbocycles. The van der Waals surface area contributed by atoms with Crippen LogP contribution in [-0.4, -0.2) is 54.9 Å². The zero-order valence-corrected chi connectivity index (χ0v) is 11.5. The van der Waals surface area contributed by atoms with E-state index in [4.69, 9.17) is 0 Å². The van der Waals surface area contributed by atoms with Gasteiger partial charge in [0.2, 0.25) is 0 Å². The van der Waals surface area contributed by atoms with Crippen LogP contribution in [0.3, 0.4) is 0 Å². The molecular weight excluding hydrogens is 212 g/mol. The monoisotopic (exact) mass is 238 g/mol. The van der Waals surface area contributed by atoms with Crippen LogP contribution in [0, 0.1) is 11.3 Å². The Labute approximate surface area is 105 Å². The van der Waals surface area contributed by atoms with E-state index in [0.717, 1.165) is 39.0 Å². The standard InChI is InChI=1S/C14H26N2O/c1-4-15-7-9-16(10-8-15)11-12-5-6-14(2,3)13(12)17/h12H,4-11H2,1-3H3. The lowest BCUT2D eigenvalue weighted by atomic mass is 9.89. The van der Waals surface area contributed by atoms with Crippen molar-refractivity contribution >= 4 is 5.78 Å². The second kappa shape index (κ2) is 5.07. The summed E-state index contributed by atoms with van der Waals surface area (Å²) in [7, 11) is 0. The Morgan fingerprint density at radius 1 is 1.18 bits per heavy atom. The van der Waals surface area contributed by atoms with Gasteiger partial charge in [-0.15, -0.1) is 0 Å². The van der Waals surface area contributed by atoms with Crippen molar-refractivity contribution in [3.63, 3.8) is 0 Å². The predicted molar refractivity (Wildman–Crippen MR) is 70.1 cm³/mol. The molecule has 1 saturated heterocycles. The van der Waals surface area contributed by atoms with E-state index in [9.17, 15) is 4.79 Å². The molecule has 1 atom stereocenters. The van der Waals surface area contributed by atoms with Crippen LogP contribution in [0.4, 0.5) is 0 Å². The van der Waals surface area contributed by atoms with Gasteiger partial charge >= 0.3 is 0 Å². The highest BCUT2D eigenvalue weighted by molar-refractivity contribution is 5.88. The quantitative estimate of drug-likeness (QED) is 0.746. The summed E-state index contributed by atoms with van der Waals surface area (Å²) in [5.41, 5.74) is -0.0596. The molecule has 0 spiro atoms. The van der Waals surface area contributed by atoms with Gasteiger partial charge in [0.1, 0.15) is 5.78 Å². The molecule has 1 unspecified atom stereocenters. The molecule has 1 aliphatic heterocycles. The zero-order valence-electron chi connectivity index (χ0n) is 11.5. The predicted octanol–water partition coefficient (Wildman–Crippen LogP) is 1.63. The minimum atomic E-state index is -0.0596. The van der Waals surface area contributed by atoms with E-state index in [1.807, 2.05) is 0 Å². The number of rotatable bonds is 3. The molecule has 0 amide bonds. The minimum Gasteiger partial charge on any atom is -0.301 e. The van der Waals surface area contributed by atoms with Gasteiger partial charge in [-0.1, -0.05) is 20.8 Å². The molecule has 17 heavy (non-hydrogen) atoms. The van der Waals surface area contributed by atoms with Gasteiger partial charge in [0.05, 0.1) is 0 Å². The fourth-order valence-electron chi connectivity index (χ4n) is 3.12. The van der Waals surface area contributed by atoms with Crippen LogP contribution < -0.4 is 0 Å². The highest BCUT2D eigenvalue weighted by Crippen LogP contribution is 2.37. The van der Waals surface area contributed by atoms with Gasteiger partial charge in [-0.3, -0.25) is 4.79 Å². The third-order valence-corrected chi connectivity index (χ3v) is 4.55. The van der Waals surface area contributed by atoms with Crippen molar-refractivity contribution in [3.8, 4) is 0 Å². The first kappa shape index (κ1) is 13.0. The lowest BCUT2D eigenvalue weighted by Crippen LogP contribution is -2.48. The third-order valence-electron chi connectivity index (χ3n) is 4.55. The number of carbonyl (C=O) groups is 1. The number of Topliss-reactive ketones (excluding diaryl/α,β-unsaturated/α-hetero) is 1. The number of hydrogen-bond acceptors (Lipinski definition) is 3. The fraction of sp³-hybridized carbons (Fsp3) is 0.929. The normalized spacial score (nSPS) is 31.0. The number of nitrogens with zero attached hydrogens (tertiary/aromatic N) is 2. The molecular formula is C14H26N2O. The van der Waals surface area contributed by atoms with E-state index < -0.39 is 0 Å². The number of hydrogen-bond donors (Lipinski definition) is 0. The van der Waals surface area contributed by atoms with Crippen molar-refractivity contribution in [2.75, 3.05) is 39.3 Å². The molecule has 1 aliphatic carbocycles. The Kier molecular flexibility index (Phi) is 3.88. The van der Waals surface area contributed by atoms with E-state index in [0.29, 0.717) is 11.7 Å². The van der Waals surface area contributed by atoms with Crippen LogP contribution in [0.5, 0.6) is 0 Å². The van der Waals surface area contributed by atoms with Crippen molar-refractivity contribution < 1.29 is 4.79 Å². The molecule has 3 nitrogen and oxygen atoms in total. The Balaban J connectivity index is 1.81. The van der Waals surface area contributed by atoms with Crippen LogP contribution in [0.2, 0.25) is 0 Å². The van der Waals surface area contributed by atoms with E-state index in [2.05, 4.69) is 30.6 Å². The van der Waals surface area contributed by atoms with Gasteiger partial charge in [0, 0.05) is 44.1 Å². The SMILES string of the molecule is CCN1CCN(CC2CCC(C)(C)C2=O)CC1. The Bertz CT molecular complexity index is 280. The third kappa shape index (κ3) is 2.89. The van der Waals surface area contributed by atoms with Crippen LogP contribution in [0.15, 0.2) is 0 Å². The van der Waals surface area contributed by atoms with Crippen molar-refractivity contribution in [1.82, 2.24) is 9.80 Å². The molecule has 0 aromatic carbocycles. The molecule has 0 radical (unpaired) electrons. The Morgan fingerprint density at radius 3 is 2.24 bits per heavy atom. The minimum absolute atomic E-state index is 0.0596. The van der Waals surface area contributed by atoms with E-state index in [1.165, 1.54) is 13.1 Å². The summed E-state index contributed by atoms with van der Waals surface area (Å²) in [6.07, 6.45) is 2.17. The van der Waals surface area contributed by atoms with Crippen LogP contribution >= 0.6 is 0 Å². The largest absolute Gasteiger partial charge is 0.301 e. The summed E-state index contributed by atoms with van der Waals surface area (Å²) in [6.45, 7) is 13.2. The number of carbonyl (C=O) groups excluding carboxylic acids is 1. The molecule has 0 bridgehead atoms. The van der Waals surface area contributed by atoms with Gasteiger partial charge in [0.25, 0.3) is 0 Å². The zero-order chi connectivity index (χ0) is 12.5. The van der Waals surface area contributed by atoms with E-state index >= 15 is 0 Å². The first-order valence-electron chi connectivity index (χ1n) is 7.02. The highest BCUT2D eigenvalue weighted by Gasteiger charge is 2.40. The van der Waals surface area contributed by atoms with Crippen molar-refractivity contribution in [3.05, 3.63) is 0 Å². The van der Waals surface area contributed by atoms with Gasteiger partial charge < -0.3 is 9.80 Å². The molecule has 2 aliphatic rings. The van der Waals surface area contributed by atoms with Gasteiger partial charge in [-0.2, -0.15) is 0 Å². The molecule has 3 heteroatoms. The highest BCUT2D eigenvalue weighted by atomic mass is 16.1. The molecule has 2 rings (SSSR count). The maximum Gasteiger partial charge on any atom is 0.142 e. The summed E-state index contributed by atoms with van der Waals surface area (Å²) in [4.78, 5) is 17.1. The topological polar surface area (TPSA) is 23.6 Å². The van der Waals surface area contributed by atoms with Crippen LogP contribution in [-0.2, 0) is 4.79 Å². The van der Waals surface area contributed by atoms with Gasteiger partial charge in [-0.05, 0) is 19.4 Å². The molecule has 98 valence electrons. The summed E-state index contributed by atoms with van der Waals surface area (Å²) in [6, 6.07) is 0. The second-order valence-corrected chi connectivity index (χ2v) is 6.22. The Morgan fingerprint density at radius 2 is 1.76 bits per heavy atom. The second-order valence-electron chi connectivity index (χ2n) is 6.22.